The predicted molar refractivity (Wildman–Crippen MR) is 31.4 cm³/mol. The van der Waals surface area contributed by atoms with Crippen LogP contribution in [0.3, 0.4) is 0 Å². The van der Waals surface area contributed by atoms with Crippen molar-refractivity contribution in [3.8, 4) is 0 Å². The van der Waals surface area contributed by atoms with Crippen LogP contribution in [-0.4, -0.2) is 36.5 Å². The molecule has 0 aliphatic rings. The van der Waals surface area contributed by atoms with E-state index in [9.17, 15) is 0 Å². The second-order valence-corrected chi connectivity index (χ2v) is 0. The Morgan fingerprint density at radius 1 is 1.25 bits per heavy atom. The van der Waals surface area contributed by atoms with Gasteiger partial charge in [0.2, 0.25) is 0 Å². The topological polar surface area (TPSA) is 0 Å². The SMILES string of the molecule is [GeH4].[Li].[P]=S. The van der Waals surface area contributed by atoms with Gasteiger partial charge in [0.1, 0.15) is 0 Å². The van der Waals surface area contributed by atoms with Gasteiger partial charge >= 0.3 is 17.6 Å². The summed E-state index contributed by atoms with van der Waals surface area (Å²) in [5.41, 5.74) is 0. The third-order valence-electron chi connectivity index (χ3n) is 0. The average molecular weight is 147 g/mol. The molecule has 0 bridgehead atoms. The van der Waals surface area contributed by atoms with E-state index in [1.807, 2.05) is 0 Å². The number of hydrogen-bond acceptors (Lipinski definition) is 1. The zero-order valence-electron chi connectivity index (χ0n) is 1.86. The van der Waals surface area contributed by atoms with E-state index in [4.69, 9.17) is 0 Å². The predicted octanol–water partition coefficient (Wildman–Crippen LogP) is -0.974. The van der Waals surface area contributed by atoms with Crippen LogP contribution in [0.25, 0.3) is 0 Å². The minimum absolute atomic E-state index is 0. The summed E-state index contributed by atoms with van der Waals surface area (Å²) in [4.78, 5) is 0. The van der Waals surface area contributed by atoms with E-state index in [1.54, 1.807) is 0 Å². The monoisotopic (exact) mass is 148 g/mol. The van der Waals surface area contributed by atoms with Crippen molar-refractivity contribution in [2.45, 2.75) is 0 Å². The fraction of sp³-hybridized carbons (Fsp3) is 0. The molecule has 0 rings (SSSR count). The summed E-state index contributed by atoms with van der Waals surface area (Å²) >= 11 is 3.78. The van der Waals surface area contributed by atoms with E-state index in [0.717, 1.165) is 0 Å². The minimum atomic E-state index is 0. The van der Waals surface area contributed by atoms with Crippen LogP contribution in [0, 0.1) is 0 Å². The van der Waals surface area contributed by atoms with Crippen molar-refractivity contribution in [3.05, 3.63) is 0 Å². The van der Waals surface area contributed by atoms with Crippen LogP contribution in [0.2, 0.25) is 0 Å². The Balaban J connectivity index is -0.00000000500. The van der Waals surface area contributed by atoms with Gasteiger partial charge in [0, 0.05) is 26.9 Å². The van der Waals surface area contributed by atoms with Crippen LogP contribution < -0.4 is 0 Å². The number of hydrogen-bond donors (Lipinski definition) is 0. The van der Waals surface area contributed by atoms with Crippen molar-refractivity contribution >= 4 is 56.3 Å². The Kier molecular flexibility index (Phi) is 98.4. The molecular formula is H4GeLiPS. The summed E-state index contributed by atoms with van der Waals surface area (Å²) < 4.78 is 0. The van der Waals surface area contributed by atoms with Crippen molar-refractivity contribution < 1.29 is 0 Å². The van der Waals surface area contributed by atoms with E-state index in [2.05, 4.69) is 19.8 Å². The Hall–Kier alpha value is 1.66. The standard InChI is InChI=1S/GeH4.Li.PS/c;;1-2/h1H4;;. The maximum atomic E-state index is 3.78. The van der Waals surface area contributed by atoms with Gasteiger partial charge in [-0.1, -0.05) is 0 Å². The summed E-state index contributed by atoms with van der Waals surface area (Å²) in [6.07, 6.45) is 0. The second kappa shape index (κ2) is 22.7. The molecule has 0 spiro atoms. The molecule has 0 heterocycles. The van der Waals surface area contributed by atoms with Crippen LogP contribution in [0.1, 0.15) is 0 Å². The third-order valence-corrected chi connectivity index (χ3v) is 0. The van der Waals surface area contributed by atoms with Crippen molar-refractivity contribution in [2.75, 3.05) is 0 Å². The van der Waals surface area contributed by atoms with Crippen LogP contribution in [0.5, 0.6) is 0 Å². The first-order chi connectivity index (χ1) is 1.00. The van der Waals surface area contributed by atoms with Crippen molar-refractivity contribution in [1.29, 1.82) is 0 Å². The molecule has 0 aromatic heterocycles. The third kappa shape index (κ3) is 9.40. The summed E-state index contributed by atoms with van der Waals surface area (Å²) in [6.45, 7) is 0. The van der Waals surface area contributed by atoms with Gasteiger partial charge in [-0.2, -0.15) is 0 Å². The largest absolute Gasteiger partial charge is 0.0464 e. The molecule has 0 N–H and O–H groups in total. The number of rotatable bonds is 0. The molecule has 0 amide bonds. The molecule has 0 nitrogen and oxygen atoms in total. The van der Waals surface area contributed by atoms with Crippen molar-refractivity contribution in [1.82, 2.24) is 0 Å². The van der Waals surface area contributed by atoms with Gasteiger partial charge < -0.3 is 0 Å². The molecule has 2 radical (unpaired) electrons. The Labute approximate surface area is 56.1 Å². The van der Waals surface area contributed by atoms with Gasteiger partial charge in [0.15, 0.2) is 0 Å². The van der Waals surface area contributed by atoms with Gasteiger partial charge in [-0.05, 0) is 11.8 Å². The van der Waals surface area contributed by atoms with Gasteiger partial charge in [0.05, 0.1) is 0 Å². The molecule has 4 heteroatoms. The molecule has 0 saturated carbocycles. The molecular weight excluding hydrogens is 143 g/mol. The first-order valence-electron chi connectivity index (χ1n) is 0.183. The van der Waals surface area contributed by atoms with Crippen molar-refractivity contribution in [3.63, 3.8) is 0 Å². The minimum Gasteiger partial charge on any atom is -0.0464 e. The second-order valence-electron chi connectivity index (χ2n) is 0. The van der Waals surface area contributed by atoms with Gasteiger partial charge in [-0.3, -0.25) is 0 Å². The fourth-order valence-corrected chi connectivity index (χ4v) is 0. The normalized spacial score (nSPS) is 1.00. The summed E-state index contributed by atoms with van der Waals surface area (Å²) in [5.74, 6) is 0. The first-order valence-corrected chi connectivity index (χ1v) is 1.64. The summed E-state index contributed by atoms with van der Waals surface area (Å²) in [7, 11) is 3.11. The first kappa shape index (κ1) is 17.4. The molecule has 0 aromatic carbocycles. The van der Waals surface area contributed by atoms with Crippen LogP contribution in [0.4, 0.5) is 0 Å². The zero-order valence-corrected chi connectivity index (χ0v) is 3.57. The van der Waals surface area contributed by atoms with E-state index in [-0.39, 0.29) is 36.5 Å². The molecule has 0 aliphatic heterocycles. The molecule has 0 saturated heterocycles. The fourth-order valence-electron chi connectivity index (χ4n) is 0. The van der Waals surface area contributed by atoms with Gasteiger partial charge in [-0.25, -0.2) is 0 Å². The maximum Gasteiger partial charge on any atom is 0.0464 e. The van der Waals surface area contributed by atoms with Gasteiger partial charge in [-0.15, -0.1) is 0 Å². The summed E-state index contributed by atoms with van der Waals surface area (Å²) in [6, 6.07) is 0. The molecule has 0 aliphatic carbocycles. The smallest absolute Gasteiger partial charge is 0.0464 e. The Morgan fingerprint density at radius 3 is 1.25 bits per heavy atom. The van der Waals surface area contributed by atoms with E-state index in [1.165, 1.54) is 0 Å². The quantitative estimate of drug-likeness (QED) is 0.313. The molecule has 0 fully saturated rings. The molecule has 0 atom stereocenters. The van der Waals surface area contributed by atoms with Crippen molar-refractivity contribution in [2.24, 2.45) is 0 Å². The van der Waals surface area contributed by atoms with Crippen LogP contribution in [-0.2, 0) is 11.8 Å². The summed E-state index contributed by atoms with van der Waals surface area (Å²) in [5, 5.41) is 0. The van der Waals surface area contributed by atoms with Crippen LogP contribution >= 0.6 is 8.02 Å². The van der Waals surface area contributed by atoms with E-state index < -0.39 is 0 Å². The molecule has 0 unspecified atom stereocenters. The maximum absolute atomic E-state index is 3.78. The van der Waals surface area contributed by atoms with E-state index in [0.29, 0.717) is 0 Å². The van der Waals surface area contributed by atoms with Gasteiger partial charge in [0.25, 0.3) is 0 Å². The Bertz CT molecular complexity index is 8.00. The van der Waals surface area contributed by atoms with E-state index >= 15 is 0 Å². The molecule has 4 heavy (non-hydrogen) atoms. The Morgan fingerprint density at radius 2 is 1.25 bits per heavy atom. The molecule has 20 valence electrons. The molecule has 0 aromatic rings. The van der Waals surface area contributed by atoms with Crippen LogP contribution in [0.15, 0.2) is 0 Å². The zero-order chi connectivity index (χ0) is 2.00. The average Bonchev–Trinajstić information content (AvgIpc) is 1.00.